The number of ketones is 1. The number of anilines is 2. The predicted octanol–water partition coefficient (Wildman–Crippen LogP) is 6.62. The zero-order valence-corrected chi connectivity index (χ0v) is 28.5. The molecule has 256 valence electrons. The van der Waals surface area contributed by atoms with Gasteiger partial charge >= 0.3 is 0 Å². The Morgan fingerprint density at radius 1 is 0.824 bits per heavy atom. The van der Waals surface area contributed by atoms with Gasteiger partial charge < -0.3 is 9.84 Å². The van der Waals surface area contributed by atoms with Crippen molar-refractivity contribution < 1.29 is 33.8 Å². The van der Waals surface area contributed by atoms with Crippen LogP contribution in [0.15, 0.2) is 109 Å². The van der Waals surface area contributed by atoms with Crippen LogP contribution < -0.4 is 14.5 Å². The van der Waals surface area contributed by atoms with Crippen molar-refractivity contribution in [2.75, 3.05) is 16.9 Å². The van der Waals surface area contributed by atoms with Crippen molar-refractivity contribution in [3.8, 4) is 11.5 Å². The van der Waals surface area contributed by atoms with E-state index in [0.29, 0.717) is 33.1 Å². The zero-order chi connectivity index (χ0) is 35.8. The summed E-state index contributed by atoms with van der Waals surface area (Å²) in [6, 6.07) is 27.2. The number of carbonyl (C=O) groups is 5. The lowest BCUT2D eigenvalue weighted by molar-refractivity contribution is -0.127. The first-order chi connectivity index (χ1) is 24.6. The van der Waals surface area contributed by atoms with Gasteiger partial charge in [0.15, 0.2) is 17.3 Å². The number of hydrogen-bond acceptors (Lipinski definition) is 7. The van der Waals surface area contributed by atoms with Crippen LogP contribution >= 0.6 is 11.6 Å². The molecule has 4 aromatic rings. The highest BCUT2D eigenvalue weighted by atomic mass is 35.5. The van der Waals surface area contributed by atoms with Gasteiger partial charge in [0, 0.05) is 16.5 Å². The van der Waals surface area contributed by atoms with Gasteiger partial charge in [0.05, 0.1) is 41.7 Å². The Kier molecular flexibility index (Phi) is 7.72. The Morgan fingerprint density at radius 2 is 1.57 bits per heavy atom. The minimum Gasteiger partial charge on any atom is -0.504 e. The van der Waals surface area contributed by atoms with E-state index in [1.807, 2.05) is 36.4 Å². The fraction of sp³-hybridized carbons (Fsp3) is 0.244. The van der Waals surface area contributed by atoms with Crippen LogP contribution in [0, 0.1) is 23.7 Å². The summed E-state index contributed by atoms with van der Waals surface area (Å²) in [4.78, 5) is 73.1. The lowest BCUT2D eigenvalue weighted by atomic mass is 9.49. The number of halogens is 1. The quantitative estimate of drug-likeness (QED) is 0.136. The van der Waals surface area contributed by atoms with Gasteiger partial charge in [-0.1, -0.05) is 65.7 Å². The van der Waals surface area contributed by atoms with E-state index in [1.54, 1.807) is 60.7 Å². The van der Waals surface area contributed by atoms with Crippen molar-refractivity contribution >= 4 is 52.4 Å². The fourth-order valence-corrected chi connectivity index (χ4v) is 9.28. The van der Waals surface area contributed by atoms with Crippen LogP contribution in [0.4, 0.5) is 11.4 Å². The van der Waals surface area contributed by atoms with E-state index >= 15 is 4.79 Å². The average molecular weight is 701 g/mol. The first kappa shape index (κ1) is 32.7. The topological polar surface area (TPSA) is 121 Å². The number of rotatable bonds is 6. The number of nitrogens with zero attached hydrogens (tertiary/aromatic N) is 2. The van der Waals surface area contributed by atoms with Gasteiger partial charge in [-0.25, -0.2) is 4.90 Å². The molecule has 0 radical (unpaired) electrons. The Bertz CT molecular complexity index is 2180. The molecule has 2 heterocycles. The van der Waals surface area contributed by atoms with Crippen LogP contribution in [0.3, 0.4) is 0 Å². The maximum absolute atomic E-state index is 15.3. The molecule has 0 spiro atoms. The number of phenols is 1. The highest BCUT2D eigenvalue weighted by molar-refractivity contribution is 6.32. The van der Waals surface area contributed by atoms with E-state index in [-0.39, 0.29) is 41.9 Å². The molecule has 2 aliphatic heterocycles. The minimum atomic E-state index is -1.45. The third-order valence-electron chi connectivity index (χ3n) is 11.2. The normalized spacial score (nSPS) is 26.8. The molecule has 0 bridgehead atoms. The van der Waals surface area contributed by atoms with Crippen molar-refractivity contribution in [1.82, 2.24) is 0 Å². The van der Waals surface area contributed by atoms with Gasteiger partial charge in [-0.05, 0) is 91.4 Å². The van der Waals surface area contributed by atoms with Crippen LogP contribution in [-0.4, -0.2) is 41.6 Å². The first-order valence-corrected chi connectivity index (χ1v) is 17.2. The van der Waals surface area contributed by atoms with Gasteiger partial charge in [0.1, 0.15) is 0 Å². The van der Waals surface area contributed by atoms with Gasteiger partial charge in [-0.15, -0.1) is 0 Å². The van der Waals surface area contributed by atoms with Crippen LogP contribution in [0.5, 0.6) is 11.5 Å². The molecule has 8 rings (SSSR count). The molecule has 1 saturated carbocycles. The molecule has 9 nitrogen and oxygen atoms in total. The summed E-state index contributed by atoms with van der Waals surface area (Å²) >= 11 is 6.39. The first-order valence-electron chi connectivity index (χ1n) is 16.8. The maximum Gasteiger partial charge on any atom is 0.246 e. The minimum absolute atomic E-state index is 0.0889. The average Bonchev–Trinajstić information content (AvgIpc) is 3.53. The van der Waals surface area contributed by atoms with Crippen molar-refractivity contribution in [3.05, 3.63) is 130 Å². The van der Waals surface area contributed by atoms with Gasteiger partial charge in [-0.3, -0.25) is 28.9 Å². The summed E-state index contributed by atoms with van der Waals surface area (Å²) in [6.45, 7) is 1.45. The number of benzene rings is 4. The van der Waals surface area contributed by atoms with Gasteiger partial charge in [0.25, 0.3) is 0 Å². The summed E-state index contributed by atoms with van der Waals surface area (Å²) in [5.74, 6) is -5.32. The number of carbonyl (C=O) groups excluding carboxylic acids is 5. The lowest BCUT2D eigenvalue weighted by Crippen LogP contribution is -2.53. The van der Waals surface area contributed by atoms with E-state index in [4.69, 9.17) is 16.3 Å². The second-order valence-corrected chi connectivity index (χ2v) is 14.1. The van der Waals surface area contributed by atoms with E-state index in [2.05, 4.69) is 0 Å². The van der Waals surface area contributed by atoms with Crippen molar-refractivity contribution in [2.45, 2.75) is 31.1 Å². The molecule has 3 fully saturated rings. The molecular weight excluding hydrogens is 668 g/mol. The number of phenolic OH excluding ortho intramolecular Hbond substituents is 1. The van der Waals surface area contributed by atoms with Crippen molar-refractivity contribution in [3.63, 3.8) is 0 Å². The SMILES string of the molecule is COc1cc(C2C3=CCC4C(=O)N(c5ccc(C(C)=O)cc5)C(=O)C4C3CC3C(=O)N(c4cccc(Cl)c4)C(=O)C32c2ccccc2)ccc1O. The number of aromatic hydroxyl groups is 1. The summed E-state index contributed by atoms with van der Waals surface area (Å²) in [5, 5.41) is 11.0. The highest BCUT2D eigenvalue weighted by Crippen LogP contribution is 2.64. The summed E-state index contributed by atoms with van der Waals surface area (Å²) < 4.78 is 5.53. The van der Waals surface area contributed by atoms with Crippen LogP contribution in [0.25, 0.3) is 0 Å². The number of amides is 4. The second-order valence-electron chi connectivity index (χ2n) is 13.6. The summed E-state index contributed by atoms with van der Waals surface area (Å²) in [6.07, 6.45) is 2.37. The van der Waals surface area contributed by atoms with Crippen LogP contribution in [0.1, 0.15) is 47.2 Å². The van der Waals surface area contributed by atoms with Crippen LogP contribution in [-0.2, 0) is 24.6 Å². The van der Waals surface area contributed by atoms with Gasteiger partial charge in [-0.2, -0.15) is 0 Å². The monoisotopic (exact) mass is 700 g/mol. The molecule has 4 aliphatic rings. The third-order valence-corrected chi connectivity index (χ3v) is 11.5. The zero-order valence-electron chi connectivity index (χ0n) is 27.8. The Morgan fingerprint density at radius 3 is 2.25 bits per heavy atom. The summed E-state index contributed by atoms with van der Waals surface area (Å²) in [7, 11) is 1.44. The molecule has 0 aromatic heterocycles. The van der Waals surface area contributed by atoms with Crippen molar-refractivity contribution in [2.24, 2.45) is 23.7 Å². The van der Waals surface area contributed by atoms with Crippen LogP contribution in [0.2, 0.25) is 5.02 Å². The second kappa shape index (κ2) is 12.1. The van der Waals surface area contributed by atoms with E-state index in [1.165, 1.54) is 29.9 Å². The number of imide groups is 2. The number of methoxy groups -OCH3 is 1. The van der Waals surface area contributed by atoms with E-state index < -0.39 is 46.8 Å². The molecule has 6 atom stereocenters. The highest BCUT2D eigenvalue weighted by Gasteiger charge is 2.70. The number of hydrogen-bond donors (Lipinski definition) is 1. The van der Waals surface area contributed by atoms with E-state index in [9.17, 15) is 24.3 Å². The smallest absolute Gasteiger partial charge is 0.246 e. The number of allylic oxidation sites excluding steroid dienone is 2. The molecule has 10 heteroatoms. The van der Waals surface area contributed by atoms with Crippen molar-refractivity contribution in [1.29, 1.82) is 0 Å². The number of Topliss-reactive ketones (excluding diaryl/α,β-unsaturated/α-hetero) is 1. The molecular formula is C41H33ClN2O7. The standard InChI is InChI=1S/C41H33ClN2O7/c1-22(45)23-11-14-27(15-12-23)43-37(47)30-17-16-29-31(35(30)39(43)49)21-32-38(48)44(28-10-6-9-26(42)20-28)40(50)41(32,25-7-4-3-5-8-25)36(29)24-13-18-33(46)34(19-24)51-2/h3-16,18-20,30-32,35-36,46H,17,21H2,1-2H3. The predicted molar refractivity (Wildman–Crippen MR) is 190 cm³/mol. The fourth-order valence-electron chi connectivity index (χ4n) is 9.09. The maximum atomic E-state index is 15.3. The molecule has 4 aromatic carbocycles. The third kappa shape index (κ3) is 4.71. The largest absolute Gasteiger partial charge is 0.504 e. The molecule has 6 unspecified atom stereocenters. The van der Waals surface area contributed by atoms with E-state index in [0.717, 1.165) is 5.57 Å². The Hall–Kier alpha value is -5.54. The molecule has 2 aliphatic carbocycles. The Labute approximate surface area is 299 Å². The molecule has 1 N–H and O–H groups in total. The lowest BCUT2D eigenvalue weighted by Gasteiger charge is -2.50. The van der Waals surface area contributed by atoms with Gasteiger partial charge in [0.2, 0.25) is 23.6 Å². The molecule has 51 heavy (non-hydrogen) atoms. The molecule has 2 saturated heterocycles. The molecule has 4 amide bonds. The summed E-state index contributed by atoms with van der Waals surface area (Å²) in [5.41, 5.74) is 1.77. The number of fused-ring (bicyclic) bond motifs is 4. The number of ether oxygens (including phenoxy) is 1. The Balaban J connectivity index is 1.33.